The van der Waals surface area contributed by atoms with Crippen LogP contribution in [-0.2, 0) is 11.2 Å². The van der Waals surface area contributed by atoms with Gasteiger partial charge in [-0.15, -0.1) is 0 Å². The first-order valence-corrected chi connectivity index (χ1v) is 10.6. The minimum Gasteiger partial charge on any atom is -0.481 e. The van der Waals surface area contributed by atoms with E-state index in [-0.39, 0.29) is 33.9 Å². The first-order chi connectivity index (χ1) is 16.1. The van der Waals surface area contributed by atoms with Crippen molar-refractivity contribution in [3.63, 3.8) is 0 Å². The van der Waals surface area contributed by atoms with Crippen LogP contribution in [0.4, 0.5) is 11.4 Å². The maximum atomic E-state index is 13.5. The minimum atomic E-state index is -1.14. The standard InChI is InChI=1S/C26H26N4O4/c1-14(2)15-6-8-16(9-7-15)26(34)30-23-20(27)11-10-17(13-21(31)32)22(23)24(33)18-4-3-5-19(12-18)25(28)29/h3-12,14H,13,27H2,1-2H3,(H3,28,29)(H,30,34)(H,31,32). The van der Waals surface area contributed by atoms with Crippen LogP contribution in [0.25, 0.3) is 0 Å². The lowest BCUT2D eigenvalue weighted by Crippen LogP contribution is -2.19. The zero-order valence-corrected chi connectivity index (χ0v) is 18.9. The van der Waals surface area contributed by atoms with E-state index in [2.05, 4.69) is 5.32 Å². The summed E-state index contributed by atoms with van der Waals surface area (Å²) in [6.45, 7) is 4.09. The highest BCUT2D eigenvalue weighted by Crippen LogP contribution is 2.31. The van der Waals surface area contributed by atoms with Crippen molar-refractivity contribution in [3.8, 4) is 0 Å². The van der Waals surface area contributed by atoms with Crippen molar-refractivity contribution in [3.05, 3.63) is 94.0 Å². The van der Waals surface area contributed by atoms with E-state index in [4.69, 9.17) is 16.9 Å². The second kappa shape index (κ2) is 9.99. The quantitative estimate of drug-likeness (QED) is 0.149. The van der Waals surface area contributed by atoms with E-state index < -0.39 is 24.1 Å². The van der Waals surface area contributed by atoms with E-state index in [1.54, 1.807) is 24.3 Å². The van der Waals surface area contributed by atoms with Crippen molar-refractivity contribution in [2.45, 2.75) is 26.2 Å². The Morgan fingerprint density at radius 2 is 1.62 bits per heavy atom. The second-order valence-corrected chi connectivity index (χ2v) is 8.19. The molecule has 1 amide bonds. The molecule has 0 saturated heterocycles. The molecule has 0 atom stereocenters. The van der Waals surface area contributed by atoms with Gasteiger partial charge in [0, 0.05) is 16.7 Å². The van der Waals surface area contributed by atoms with E-state index in [0.717, 1.165) is 5.56 Å². The third kappa shape index (κ3) is 5.29. The summed E-state index contributed by atoms with van der Waals surface area (Å²) in [6.07, 6.45) is -0.445. The number of hydrogen-bond donors (Lipinski definition) is 5. The van der Waals surface area contributed by atoms with Crippen LogP contribution in [0.2, 0.25) is 0 Å². The monoisotopic (exact) mass is 458 g/mol. The molecule has 34 heavy (non-hydrogen) atoms. The van der Waals surface area contributed by atoms with Crippen molar-refractivity contribution in [1.82, 2.24) is 0 Å². The molecule has 0 bridgehead atoms. The summed E-state index contributed by atoms with van der Waals surface area (Å²) in [4.78, 5) is 38.0. The average Bonchev–Trinajstić information content (AvgIpc) is 2.80. The molecule has 3 aromatic rings. The maximum Gasteiger partial charge on any atom is 0.307 e. The van der Waals surface area contributed by atoms with Gasteiger partial charge in [0.25, 0.3) is 5.91 Å². The number of nitrogen functional groups attached to an aromatic ring is 2. The van der Waals surface area contributed by atoms with Gasteiger partial charge in [-0.3, -0.25) is 19.8 Å². The summed E-state index contributed by atoms with van der Waals surface area (Å²) in [7, 11) is 0. The molecule has 0 fully saturated rings. The molecule has 3 aromatic carbocycles. The van der Waals surface area contributed by atoms with E-state index in [1.165, 1.54) is 24.3 Å². The molecule has 0 heterocycles. The maximum absolute atomic E-state index is 13.5. The number of benzene rings is 3. The lowest BCUT2D eigenvalue weighted by Gasteiger charge is -2.17. The molecule has 0 radical (unpaired) electrons. The van der Waals surface area contributed by atoms with Crippen LogP contribution in [0, 0.1) is 5.41 Å². The Balaban J connectivity index is 2.09. The van der Waals surface area contributed by atoms with Crippen LogP contribution < -0.4 is 16.8 Å². The summed E-state index contributed by atoms with van der Waals surface area (Å²) < 4.78 is 0. The fraction of sp³-hybridized carbons (Fsp3) is 0.154. The summed E-state index contributed by atoms with van der Waals surface area (Å²) in [5, 5.41) is 19.7. The lowest BCUT2D eigenvalue weighted by molar-refractivity contribution is -0.136. The van der Waals surface area contributed by atoms with Gasteiger partial charge in [0.05, 0.1) is 23.4 Å². The molecule has 8 nitrogen and oxygen atoms in total. The largest absolute Gasteiger partial charge is 0.481 e. The van der Waals surface area contributed by atoms with Gasteiger partial charge in [-0.2, -0.15) is 0 Å². The second-order valence-electron chi connectivity index (χ2n) is 8.19. The average molecular weight is 459 g/mol. The Kier molecular flexibility index (Phi) is 7.11. The van der Waals surface area contributed by atoms with E-state index in [1.807, 2.05) is 26.0 Å². The number of ketones is 1. The third-order valence-electron chi connectivity index (χ3n) is 5.41. The number of aliphatic carboxylic acids is 1. The first-order valence-electron chi connectivity index (χ1n) is 10.6. The summed E-state index contributed by atoms with van der Waals surface area (Å²) in [5.74, 6) is -2.09. The van der Waals surface area contributed by atoms with Crippen LogP contribution in [0.5, 0.6) is 0 Å². The number of nitrogens with one attached hydrogen (secondary N) is 2. The fourth-order valence-corrected chi connectivity index (χ4v) is 3.54. The SMILES string of the molecule is CC(C)c1ccc(C(=O)Nc2c(N)ccc(CC(=O)O)c2C(=O)c2cccc(C(=N)N)c2)cc1. The zero-order valence-electron chi connectivity index (χ0n) is 18.9. The number of anilines is 2. The topological polar surface area (TPSA) is 159 Å². The van der Waals surface area contributed by atoms with E-state index >= 15 is 0 Å². The molecule has 0 spiro atoms. The van der Waals surface area contributed by atoms with Crippen LogP contribution in [0.15, 0.2) is 60.7 Å². The molecular formula is C26H26N4O4. The van der Waals surface area contributed by atoms with E-state index in [0.29, 0.717) is 17.0 Å². The smallest absolute Gasteiger partial charge is 0.307 e. The molecular weight excluding hydrogens is 432 g/mol. The minimum absolute atomic E-state index is 0.0183. The number of carboxylic acid groups (broad SMARTS) is 1. The van der Waals surface area contributed by atoms with Crippen molar-refractivity contribution < 1.29 is 19.5 Å². The van der Waals surface area contributed by atoms with Gasteiger partial charge in [-0.05, 0) is 41.3 Å². The Labute approximate surface area is 197 Å². The normalized spacial score (nSPS) is 10.7. The van der Waals surface area contributed by atoms with Gasteiger partial charge in [0.1, 0.15) is 5.84 Å². The highest BCUT2D eigenvalue weighted by atomic mass is 16.4. The van der Waals surface area contributed by atoms with Crippen molar-refractivity contribution in [2.24, 2.45) is 5.73 Å². The Morgan fingerprint density at radius 3 is 2.21 bits per heavy atom. The summed E-state index contributed by atoms with van der Waals surface area (Å²) >= 11 is 0. The van der Waals surface area contributed by atoms with Gasteiger partial charge in [-0.1, -0.05) is 50.2 Å². The van der Waals surface area contributed by atoms with Crippen LogP contribution in [-0.4, -0.2) is 28.6 Å². The predicted molar refractivity (Wildman–Crippen MR) is 132 cm³/mol. The Bertz CT molecular complexity index is 1280. The van der Waals surface area contributed by atoms with Gasteiger partial charge >= 0.3 is 5.97 Å². The van der Waals surface area contributed by atoms with Gasteiger partial charge < -0.3 is 21.9 Å². The van der Waals surface area contributed by atoms with Crippen LogP contribution >= 0.6 is 0 Å². The number of rotatable bonds is 8. The molecule has 8 heteroatoms. The molecule has 0 aliphatic rings. The molecule has 0 saturated carbocycles. The number of hydrogen-bond acceptors (Lipinski definition) is 5. The number of amides is 1. The zero-order chi connectivity index (χ0) is 25.0. The van der Waals surface area contributed by atoms with Crippen molar-refractivity contribution in [1.29, 1.82) is 5.41 Å². The number of carbonyl (C=O) groups is 3. The molecule has 0 aliphatic carbocycles. The lowest BCUT2D eigenvalue weighted by atomic mass is 9.93. The predicted octanol–water partition coefficient (Wildman–Crippen LogP) is 3.79. The number of carbonyl (C=O) groups excluding carboxylic acids is 2. The van der Waals surface area contributed by atoms with Crippen molar-refractivity contribution >= 4 is 34.9 Å². The fourth-order valence-electron chi connectivity index (χ4n) is 3.54. The highest BCUT2D eigenvalue weighted by Gasteiger charge is 2.24. The Morgan fingerprint density at radius 1 is 0.971 bits per heavy atom. The highest BCUT2D eigenvalue weighted by molar-refractivity contribution is 6.18. The van der Waals surface area contributed by atoms with E-state index in [9.17, 15) is 19.5 Å². The first kappa shape index (κ1) is 24.2. The molecule has 3 rings (SSSR count). The number of amidine groups is 1. The molecule has 0 unspecified atom stereocenters. The van der Waals surface area contributed by atoms with Gasteiger partial charge in [0.2, 0.25) is 0 Å². The molecule has 7 N–H and O–H groups in total. The van der Waals surface area contributed by atoms with Crippen LogP contribution in [0.3, 0.4) is 0 Å². The number of carboxylic acids is 1. The van der Waals surface area contributed by atoms with Gasteiger partial charge in [-0.25, -0.2) is 0 Å². The van der Waals surface area contributed by atoms with Crippen molar-refractivity contribution in [2.75, 3.05) is 11.1 Å². The summed E-state index contributed by atoms with van der Waals surface area (Å²) in [6, 6.07) is 16.1. The summed E-state index contributed by atoms with van der Waals surface area (Å²) in [5.41, 5.74) is 14.0. The third-order valence-corrected chi connectivity index (χ3v) is 5.41. The Hall–Kier alpha value is -4.46. The molecule has 174 valence electrons. The number of nitrogens with two attached hydrogens (primary N) is 2. The van der Waals surface area contributed by atoms with Crippen LogP contribution in [0.1, 0.15) is 62.7 Å². The molecule has 0 aromatic heterocycles. The molecule has 0 aliphatic heterocycles. The van der Waals surface area contributed by atoms with Gasteiger partial charge in [0.15, 0.2) is 5.78 Å².